The van der Waals surface area contributed by atoms with Crippen LogP contribution in [0.3, 0.4) is 0 Å². The Hall–Kier alpha value is -2.50. The molecule has 0 aromatic heterocycles. The minimum absolute atomic E-state index is 0.000103. The maximum atomic E-state index is 12.6. The monoisotopic (exact) mass is 351 g/mol. The zero-order valence-electron chi connectivity index (χ0n) is 13.9. The Morgan fingerprint density at radius 1 is 1.12 bits per heavy atom. The fourth-order valence-electron chi connectivity index (χ4n) is 2.24. The maximum absolute atomic E-state index is 12.6. The molecule has 3 nitrogen and oxygen atoms in total. The molecule has 2 aromatic rings. The lowest BCUT2D eigenvalue weighted by atomic mass is 10.1. The molecule has 25 heavy (non-hydrogen) atoms. The maximum Gasteiger partial charge on any atom is 0.416 e. The van der Waals surface area contributed by atoms with Crippen LogP contribution in [0.5, 0.6) is 5.75 Å². The Morgan fingerprint density at radius 3 is 2.48 bits per heavy atom. The molecule has 0 aliphatic heterocycles. The fourth-order valence-corrected chi connectivity index (χ4v) is 2.24. The second-order valence-corrected chi connectivity index (χ2v) is 5.66. The molecular formula is C19H20F3NO2. The highest BCUT2D eigenvalue weighted by molar-refractivity contribution is 5.91. The van der Waals surface area contributed by atoms with Crippen molar-refractivity contribution in [2.45, 2.75) is 32.4 Å². The molecule has 0 aliphatic rings. The van der Waals surface area contributed by atoms with Gasteiger partial charge in [0.1, 0.15) is 5.75 Å². The number of nitrogens with one attached hydrogen (secondary N) is 1. The number of anilines is 1. The summed E-state index contributed by atoms with van der Waals surface area (Å²) in [6.45, 7) is 1.76. The number of amides is 1. The molecule has 2 rings (SSSR count). The average Bonchev–Trinajstić information content (AvgIpc) is 2.59. The SMILES string of the molecule is CCCCc1ccc(NC(=O)COc2cccc(C(F)(F)F)c2)cc1. The summed E-state index contributed by atoms with van der Waals surface area (Å²) in [5.41, 5.74) is 1.01. The molecule has 0 saturated carbocycles. The summed E-state index contributed by atoms with van der Waals surface area (Å²) in [6.07, 6.45) is -1.23. The first-order valence-electron chi connectivity index (χ1n) is 8.07. The first-order valence-corrected chi connectivity index (χ1v) is 8.07. The number of unbranched alkanes of at least 4 members (excludes halogenated alkanes) is 1. The third-order valence-electron chi connectivity index (χ3n) is 3.59. The number of hydrogen-bond acceptors (Lipinski definition) is 2. The molecule has 0 fully saturated rings. The van der Waals surface area contributed by atoms with E-state index in [0.717, 1.165) is 31.4 Å². The topological polar surface area (TPSA) is 38.3 Å². The molecule has 0 bridgehead atoms. The van der Waals surface area contributed by atoms with Crippen LogP contribution in [-0.4, -0.2) is 12.5 Å². The number of carbonyl (C=O) groups excluding carboxylic acids is 1. The first kappa shape index (κ1) is 18.8. The predicted octanol–water partition coefficient (Wildman–Crippen LogP) is 5.07. The molecule has 0 saturated heterocycles. The van der Waals surface area contributed by atoms with Crippen molar-refractivity contribution in [1.82, 2.24) is 0 Å². The van der Waals surface area contributed by atoms with Crippen LogP contribution in [0.2, 0.25) is 0 Å². The van der Waals surface area contributed by atoms with Crippen LogP contribution in [0.15, 0.2) is 48.5 Å². The van der Waals surface area contributed by atoms with Crippen molar-refractivity contribution in [2.75, 3.05) is 11.9 Å². The highest BCUT2D eigenvalue weighted by atomic mass is 19.4. The number of rotatable bonds is 7. The Balaban J connectivity index is 1.86. The van der Waals surface area contributed by atoms with E-state index in [9.17, 15) is 18.0 Å². The van der Waals surface area contributed by atoms with Gasteiger partial charge in [-0.2, -0.15) is 13.2 Å². The van der Waals surface area contributed by atoms with Gasteiger partial charge in [0, 0.05) is 5.69 Å². The van der Waals surface area contributed by atoms with Crippen LogP contribution in [-0.2, 0) is 17.4 Å². The van der Waals surface area contributed by atoms with Crippen LogP contribution >= 0.6 is 0 Å². The van der Waals surface area contributed by atoms with Crippen molar-refractivity contribution in [3.05, 3.63) is 59.7 Å². The molecule has 0 spiro atoms. The molecule has 1 N–H and O–H groups in total. The summed E-state index contributed by atoms with van der Waals surface area (Å²) < 4.78 is 43.0. The van der Waals surface area contributed by atoms with Crippen LogP contribution in [0.4, 0.5) is 18.9 Å². The third kappa shape index (κ3) is 6.14. The smallest absolute Gasteiger partial charge is 0.416 e. The van der Waals surface area contributed by atoms with Gasteiger partial charge >= 0.3 is 6.18 Å². The molecule has 0 radical (unpaired) electrons. The van der Waals surface area contributed by atoms with Crippen LogP contribution in [0.25, 0.3) is 0 Å². The van der Waals surface area contributed by atoms with E-state index in [0.29, 0.717) is 5.69 Å². The largest absolute Gasteiger partial charge is 0.484 e. The van der Waals surface area contributed by atoms with Gasteiger partial charge in [-0.25, -0.2) is 0 Å². The summed E-state index contributed by atoms with van der Waals surface area (Å²) in [5, 5.41) is 2.65. The minimum Gasteiger partial charge on any atom is -0.484 e. The van der Waals surface area contributed by atoms with Crippen LogP contribution < -0.4 is 10.1 Å². The quantitative estimate of drug-likeness (QED) is 0.757. The molecule has 1 amide bonds. The highest BCUT2D eigenvalue weighted by Crippen LogP contribution is 2.31. The van der Waals surface area contributed by atoms with Crippen LogP contribution in [0, 0.1) is 0 Å². The molecule has 0 aliphatic carbocycles. The highest BCUT2D eigenvalue weighted by Gasteiger charge is 2.30. The molecule has 2 aromatic carbocycles. The van der Waals surface area contributed by atoms with Gasteiger partial charge < -0.3 is 10.1 Å². The van der Waals surface area contributed by atoms with E-state index in [1.54, 1.807) is 12.1 Å². The summed E-state index contributed by atoms with van der Waals surface area (Å²) in [6, 6.07) is 11.9. The third-order valence-corrected chi connectivity index (χ3v) is 3.59. The van der Waals surface area contributed by atoms with Crippen LogP contribution in [0.1, 0.15) is 30.9 Å². The Labute approximate surface area is 144 Å². The number of halogens is 3. The van der Waals surface area contributed by atoms with Crippen molar-refractivity contribution in [1.29, 1.82) is 0 Å². The second-order valence-electron chi connectivity index (χ2n) is 5.66. The molecule has 6 heteroatoms. The summed E-state index contributed by atoms with van der Waals surface area (Å²) in [4.78, 5) is 11.9. The summed E-state index contributed by atoms with van der Waals surface area (Å²) in [5.74, 6) is -0.432. The lowest BCUT2D eigenvalue weighted by Gasteiger charge is -2.10. The van der Waals surface area contributed by atoms with Crippen molar-refractivity contribution in [2.24, 2.45) is 0 Å². The van der Waals surface area contributed by atoms with Crippen molar-refractivity contribution >= 4 is 11.6 Å². The normalized spacial score (nSPS) is 11.2. The van der Waals surface area contributed by atoms with Gasteiger partial charge in [-0.1, -0.05) is 31.5 Å². The zero-order chi connectivity index (χ0) is 18.3. The number of carbonyl (C=O) groups is 1. The summed E-state index contributed by atoms with van der Waals surface area (Å²) >= 11 is 0. The standard InChI is InChI=1S/C19H20F3NO2/c1-2-3-5-14-8-10-16(11-9-14)23-18(24)13-25-17-7-4-6-15(12-17)19(20,21)22/h4,6-12H,2-3,5,13H2,1H3,(H,23,24). The first-order chi connectivity index (χ1) is 11.9. The molecular weight excluding hydrogens is 331 g/mol. The van der Waals surface area contributed by atoms with E-state index < -0.39 is 17.6 Å². The number of benzene rings is 2. The molecule has 0 heterocycles. The Kier molecular flexibility index (Phi) is 6.44. The van der Waals surface area contributed by atoms with Gasteiger partial charge in [-0.3, -0.25) is 4.79 Å². The second kappa shape index (κ2) is 8.55. The van der Waals surface area contributed by atoms with E-state index in [-0.39, 0.29) is 12.4 Å². The Morgan fingerprint density at radius 2 is 1.84 bits per heavy atom. The zero-order valence-corrected chi connectivity index (χ0v) is 13.9. The van der Waals surface area contributed by atoms with Crippen molar-refractivity contribution in [3.63, 3.8) is 0 Å². The van der Waals surface area contributed by atoms with Gasteiger partial charge in [-0.05, 0) is 48.7 Å². The number of ether oxygens (including phenoxy) is 1. The van der Waals surface area contributed by atoms with E-state index in [1.807, 2.05) is 12.1 Å². The van der Waals surface area contributed by atoms with Gasteiger partial charge in [0.2, 0.25) is 0 Å². The number of hydrogen-bond donors (Lipinski definition) is 1. The average molecular weight is 351 g/mol. The summed E-state index contributed by atoms with van der Waals surface area (Å²) in [7, 11) is 0. The van der Waals surface area contributed by atoms with Gasteiger partial charge in [0.25, 0.3) is 5.91 Å². The molecule has 0 atom stereocenters. The lowest BCUT2D eigenvalue weighted by molar-refractivity contribution is -0.137. The van der Waals surface area contributed by atoms with Crippen molar-refractivity contribution in [3.8, 4) is 5.75 Å². The molecule has 0 unspecified atom stereocenters. The fraction of sp³-hybridized carbons (Fsp3) is 0.316. The Bertz CT molecular complexity index is 697. The van der Waals surface area contributed by atoms with Crippen molar-refractivity contribution < 1.29 is 22.7 Å². The van der Waals surface area contributed by atoms with Gasteiger partial charge in [0.05, 0.1) is 5.56 Å². The van der Waals surface area contributed by atoms with E-state index in [4.69, 9.17) is 4.74 Å². The molecule has 134 valence electrons. The van der Waals surface area contributed by atoms with E-state index in [2.05, 4.69) is 12.2 Å². The lowest BCUT2D eigenvalue weighted by Crippen LogP contribution is -2.20. The number of alkyl halides is 3. The van der Waals surface area contributed by atoms with Gasteiger partial charge in [-0.15, -0.1) is 0 Å². The predicted molar refractivity (Wildman–Crippen MR) is 90.6 cm³/mol. The van der Waals surface area contributed by atoms with E-state index in [1.165, 1.54) is 17.7 Å². The van der Waals surface area contributed by atoms with Gasteiger partial charge in [0.15, 0.2) is 6.61 Å². The minimum atomic E-state index is -4.44. The van der Waals surface area contributed by atoms with E-state index >= 15 is 0 Å². The number of aryl methyl sites for hydroxylation is 1.